The molecule has 0 unspecified atom stereocenters. The summed E-state index contributed by atoms with van der Waals surface area (Å²) >= 11 is 1.73. The highest BCUT2D eigenvalue weighted by Crippen LogP contribution is 2.25. The molecule has 1 heterocycles. The zero-order chi connectivity index (χ0) is 17.2. The molecule has 0 spiro atoms. The Morgan fingerprint density at radius 2 is 1.75 bits per heavy atom. The van der Waals surface area contributed by atoms with Crippen LogP contribution in [0.25, 0.3) is 11.0 Å². The molecule has 24 heavy (non-hydrogen) atoms. The van der Waals surface area contributed by atoms with Crippen LogP contribution in [0.15, 0.2) is 53.7 Å². The maximum Gasteiger partial charge on any atom is 0.168 e. The van der Waals surface area contributed by atoms with Crippen LogP contribution in [-0.4, -0.2) is 21.9 Å². The monoisotopic (exact) mass is 340 g/mol. The maximum absolute atomic E-state index is 5.85. The Bertz CT molecular complexity index is 816. The third-order valence-electron chi connectivity index (χ3n) is 4.05. The number of aryl methyl sites for hydroxylation is 1. The number of aromatic nitrogens is 2. The molecule has 0 aliphatic heterocycles. The Morgan fingerprint density at radius 1 is 1.04 bits per heavy atom. The second-order valence-corrected chi connectivity index (χ2v) is 7.98. The van der Waals surface area contributed by atoms with Crippen molar-refractivity contribution in [3.63, 3.8) is 0 Å². The third-order valence-corrected chi connectivity index (χ3v) is 5.04. The first-order valence-electron chi connectivity index (χ1n) is 8.23. The van der Waals surface area contributed by atoms with Crippen molar-refractivity contribution in [3.8, 4) is 5.75 Å². The molecular weight excluding hydrogens is 316 g/mol. The zero-order valence-electron chi connectivity index (χ0n) is 14.7. The number of fused-ring (bicyclic) bond motifs is 1. The smallest absolute Gasteiger partial charge is 0.168 e. The molecule has 0 saturated heterocycles. The van der Waals surface area contributed by atoms with Crippen molar-refractivity contribution in [1.82, 2.24) is 9.55 Å². The molecule has 3 nitrogen and oxygen atoms in total. The molecule has 126 valence electrons. The first-order chi connectivity index (χ1) is 11.4. The second kappa shape index (κ2) is 6.89. The minimum atomic E-state index is 0.175. The molecule has 0 aliphatic rings. The zero-order valence-corrected chi connectivity index (χ0v) is 15.6. The van der Waals surface area contributed by atoms with E-state index in [4.69, 9.17) is 4.74 Å². The summed E-state index contributed by atoms with van der Waals surface area (Å²) in [6, 6.07) is 16.6. The molecule has 0 aliphatic carbocycles. The van der Waals surface area contributed by atoms with Crippen LogP contribution in [0.5, 0.6) is 5.75 Å². The Labute approximate surface area is 148 Å². The van der Waals surface area contributed by atoms with Gasteiger partial charge in [-0.3, -0.25) is 0 Å². The lowest BCUT2D eigenvalue weighted by Crippen LogP contribution is -2.10. The lowest BCUT2D eigenvalue weighted by molar-refractivity contribution is 0.343. The van der Waals surface area contributed by atoms with Gasteiger partial charge in [0.25, 0.3) is 0 Å². The molecule has 0 fully saturated rings. The number of nitrogens with zero attached hydrogens (tertiary/aromatic N) is 2. The predicted molar refractivity (Wildman–Crippen MR) is 102 cm³/mol. The molecule has 0 radical (unpaired) electrons. The average Bonchev–Trinajstić information content (AvgIpc) is 2.88. The first kappa shape index (κ1) is 16.9. The molecule has 3 rings (SSSR count). The summed E-state index contributed by atoms with van der Waals surface area (Å²) in [5.74, 6) is 1.80. The normalized spacial score (nSPS) is 11.8. The van der Waals surface area contributed by atoms with Gasteiger partial charge in [-0.2, -0.15) is 0 Å². The highest BCUT2D eigenvalue weighted by Gasteiger charge is 2.13. The van der Waals surface area contributed by atoms with Crippen LogP contribution in [0.1, 0.15) is 26.3 Å². The summed E-state index contributed by atoms with van der Waals surface area (Å²) in [4.78, 5) is 4.67. The van der Waals surface area contributed by atoms with Crippen molar-refractivity contribution in [2.75, 3.05) is 12.4 Å². The molecule has 0 amide bonds. The van der Waals surface area contributed by atoms with Gasteiger partial charge in [-0.1, -0.05) is 56.8 Å². The van der Waals surface area contributed by atoms with E-state index in [1.807, 2.05) is 18.2 Å². The van der Waals surface area contributed by atoms with E-state index < -0.39 is 0 Å². The molecule has 0 saturated carbocycles. The highest BCUT2D eigenvalue weighted by molar-refractivity contribution is 7.99. The minimum absolute atomic E-state index is 0.175. The fourth-order valence-corrected chi connectivity index (χ4v) is 3.40. The van der Waals surface area contributed by atoms with Crippen molar-refractivity contribution < 1.29 is 4.74 Å². The largest absolute Gasteiger partial charge is 0.493 e. The van der Waals surface area contributed by atoms with E-state index in [9.17, 15) is 0 Å². The van der Waals surface area contributed by atoms with Gasteiger partial charge in [-0.25, -0.2) is 4.98 Å². The molecule has 0 bridgehead atoms. The number of thioether (sulfide) groups is 1. The lowest BCUT2D eigenvalue weighted by atomic mass is 9.87. The van der Waals surface area contributed by atoms with Gasteiger partial charge in [0.1, 0.15) is 5.75 Å². The van der Waals surface area contributed by atoms with Gasteiger partial charge >= 0.3 is 0 Å². The lowest BCUT2D eigenvalue weighted by Gasteiger charge is -2.19. The van der Waals surface area contributed by atoms with Gasteiger partial charge in [0.05, 0.1) is 17.6 Å². The van der Waals surface area contributed by atoms with Gasteiger partial charge in [-0.05, 0) is 35.2 Å². The third kappa shape index (κ3) is 3.75. The van der Waals surface area contributed by atoms with E-state index in [2.05, 4.69) is 67.7 Å². The van der Waals surface area contributed by atoms with Gasteiger partial charge in [-0.15, -0.1) is 0 Å². The Morgan fingerprint density at radius 3 is 2.42 bits per heavy atom. The number of imidazole rings is 1. The Balaban J connectivity index is 1.54. The quantitative estimate of drug-likeness (QED) is 0.481. The summed E-state index contributed by atoms with van der Waals surface area (Å²) in [5, 5.41) is 1.03. The number of rotatable bonds is 5. The summed E-state index contributed by atoms with van der Waals surface area (Å²) in [6.45, 7) is 7.33. The van der Waals surface area contributed by atoms with E-state index >= 15 is 0 Å². The van der Waals surface area contributed by atoms with Crippen molar-refractivity contribution >= 4 is 22.8 Å². The van der Waals surface area contributed by atoms with Crippen LogP contribution < -0.4 is 4.74 Å². The SMILES string of the molecule is Cn1c(SCCOc2ccc(C(C)(C)C)cc2)nc2ccccc21. The Hall–Kier alpha value is -1.94. The van der Waals surface area contributed by atoms with Crippen LogP contribution in [0.3, 0.4) is 0 Å². The van der Waals surface area contributed by atoms with E-state index in [0.29, 0.717) is 6.61 Å². The summed E-state index contributed by atoms with van der Waals surface area (Å²) in [5.41, 5.74) is 3.71. The van der Waals surface area contributed by atoms with E-state index in [1.54, 1.807) is 11.8 Å². The van der Waals surface area contributed by atoms with Gasteiger partial charge < -0.3 is 9.30 Å². The summed E-state index contributed by atoms with van der Waals surface area (Å²) in [6.07, 6.45) is 0. The van der Waals surface area contributed by atoms with E-state index in [-0.39, 0.29) is 5.41 Å². The second-order valence-electron chi connectivity index (χ2n) is 6.91. The van der Waals surface area contributed by atoms with Crippen LogP contribution in [0, 0.1) is 0 Å². The molecular formula is C20H24N2OS. The highest BCUT2D eigenvalue weighted by atomic mass is 32.2. The minimum Gasteiger partial charge on any atom is -0.493 e. The van der Waals surface area contributed by atoms with Gasteiger partial charge in [0, 0.05) is 12.8 Å². The fraction of sp³-hybridized carbons (Fsp3) is 0.350. The number of hydrogen-bond donors (Lipinski definition) is 0. The van der Waals surface area contributed by atoms with E-state index in [1.165, 1.54) is 11.1 Å². The molecule has 3 aromatic rings. The van der Waals surface area contributed by atoms with Crippen molar-refractivity contribution in [3.05, 3.63) is 54.1 Å². The first-order valence-corrected chi connectivity index (χ1v) is 9.21. The molecule has 0 N–H and O–H groups in total. The fourth-order valence-electron chi connectivity index (χ4n) is 2.60. The summed E-state index contributed by atoms with van der Waals surface area (Å²) in [7, 11) is 2.06. The molecule has 0 atom stereocenters. The maximum atomic E-state index is 5.85. The number of para-hydroxylation sites is 2. The topological polar surface area (TPSA) is 27.1 Å². The van der Waals surface area contributed by atoms with Crippen molar-refractivity contribution in [2.45, 2.75) is 31.3 Å². The van der Waals surface area contributed by atoms with Gasteiger partial charge in [0.2, 0.25) is 0 Å². The molecule has 1 aromatic heterocycles. The average molecular weight is 340 g/mol. The Kier molecular flexibility index (Phi) is 4.86. The number of benzene rings is 2. The van der Waals surface area contributed by atoms with Crippen molar-refractivity contribution in [1.29, 1.82) is 0 Å². The van der Waals surface area contributed by atoms with Gasteiger partial charge in [0.15, 0.2) is 5.16 Å². The number of ether oxygens (including phenoxy) is 1. The number of hydrogen-bond acceptors (Lipinski definition) is 3. The predicted octanol–water partition coefficient (Wildman–Crippen LogP) is 5.04. The van der Waals surface area contributed by atoms with E-state index in [0.717, 1.165) is 22.2 Å². The van der Waals surface area contributed by atoms with Crippen LogP contribution in [-0.2, 0) is 12.5 Å². The van der Waals surface area contributed by atoms with Crippen molar-refractivity contribution in [2.24, 2.45) is 7.05 Å². The standard InChI is InChI=1S/C20H24N2OS/c1-20(2,3)15-9-11-16(12-10-15)23-13-14-24-19-21-17-7-5-6-8-18(17)22(19)4/h5-12H,13-14H2,1-4H3. The van der Waals surface area contributed by atoms with Crippen LogP contribution >= 0.6 is 11.8 Å². The summed E-state index contributed by atoms with van der Waals surface area (Å²) < 4.78 is 7.99. The molecule has 2 aromatic carbocycles. The molecule has 4 heteroatoms. The van der Waals surface area contributed by atoms with Crippen LogP contribution in [0.2, 0.25) is 0 Å². The van der Waals surface area contributed by atoms with Crippen LogP contribution in [0.4, 0.5) is 0 Å².